The number of carbonyl (C=O) groups excluding carboxylic acids is 1. The number of fused-ring (bicyclic) bond motifs is 1. The van der Waals surface area contributed by atoms with Crippen molar-refractivity contribution >= 4 is 21.6 Å². The summed E-state index contributed by atoms with van der Waals surface area (Å²) < 4.78 is 34.4. The second-order valence-electron chi connectivity index (χ2n) is 10.1. The number of hydrogen-bond acceptors (Lipinski definition) is 7. The number of sulfonamides is 1. The molecule has 0 saturated carbocycles. The van der Waals surface area contributed by atoms with Crippen LogP contribution in [0.5, 0.6) is 5.75 Å². The van der Waals surface area contributed by atoms with Crippen LogP contribution in [0.3, 0.4) is 0 Å². The lowest BCUT2D eigenvalue weighted by Crippen LogP contribution is -2.43. The number of carbonyl (C=O) groups is 1. The van der Waals surface area contributed by atoms with Gasteiger partial charge >= 0.3 is 0 Å². The van der Waals surface area contributed by atoms with Gasteiger partial charge in [-0.25, -0.2) is 8.42 Å². The monoisotopic (exact) mass is 546 g/mol. The molecule has 11 heteroatoms. The Morgan fingerprint density at radius 3 is 2.26 bits per heavy atom. The molecule has 0 bridgehead atoms. The maximum absolute atomic E-state index is 14.2. The molecule has 0 N–H and O–H groups in total. The SMILES string of the molecule is COc1ccc(CN2C[C@]3(C)CN(S(=O)(=O)c4ccc([N+](=O)[O-])cc4)[C@@H](c4ccccc4)[C@]3(C#N)C2=O)cc1. The highest BCUT2D eigenvalue weighted by Crippen LogP contribution is 2.63. The van der Waals surface area contributed by atoms with E-state index in [-0.39, 0.29) is 30.2 Å². The molecule has 0 unspecified atom stereocenters. The molecule has 2 aliphatic heterocycles. The zero-order chi connectivity index (χ0) is 28.0. The van der Waals surface area contributed by atoms with Crippen LogP contribution in [0.4, 0.5) is 5.69 Å². The summed E-state index contributed by atoms with van der Waals surface area (Å²) in [4.78, 5) is 26.1. The fourth-order valence-electron chi connectivity index (χ4n) is 5.87. The van der Waals surface area contributed by atoms with Crippen molar-refractivity contribution in [1.82, 2.24) is 9.21 Å². The van der Waals surface area contributed by atoms with Gasteiger partial charge in [-0.2, -0.15) is 9.57 Å². The Bertz CT molecular complexity index is 1570. The van der Waals surface area contributed by atoms with E-state index in [9.17, 15) is 28.6 Å². The van der Waals surface area contributed by atoms with E-state index >= 15 is 0 Å². The highest BCUT2D eigenvalue weighted by Gasteiger charge is 2.73. The molecule has 2 saturated heterocycles. The summed E-state index contributed by atoms with van der Waals surface area (Å²) in [5, 5.41) is 21.8. The number of ether oxygens (including phenoxy) is 1. The van der Waals surface area contributed by atoms with Crippen molar-refractivity contribution in [2.75, 3.05) is 20.2 Å². The Labute approximate surface area is 226 Å². The zero-order valence-electron chi connectivity index (χ0n) is 21.4. The fourth-order valence-corrected chi connectivity index (χ4v) is 7.63. The predicted molar refractivity (Wildman–Crippen MR) is 141 cm³/mol. The van der Waals surface area contributed by atoms with Crippen LogP contribution in [0.15, 0.2) is 83.8 Å². The summed E-state index contributed by atoms with van der Waals surface area (Å²) in [5.41, 5.74) is -1.58. The average molecular weight is 547 g/mol. The summed E-state index contributed by atoms with van der Waals surface area (Å²) >= 11 is 0. The molecule has 0 aromatic heterocycles. The Morgan fingerprint density at radius 2 is 1.69 bits per heavy atom. The lowest BCUT2D eigenvalue weighted by Gasteiger charge is -2.33. The van der Waals surface area contributed by atoms with Gasteiger partial charge in [0.05, 0.1) is 29.0 Å². The minimum Gasteiger partial charge on any atom is -0.497 e. The number of methoxy groups -OCH3 is 1. The largest absolute Gasteiger partial charge is 0.497 e. The second-order valence-corrected chi connectivity index (χ2v) is 12.0. The first-order chi connectivity index (χ1) is 18.6. The Kier molecular flexibility index (Phi) is 6.40. The zero-order valence-corrected chi connectivity index (χ0v) is 22.2. The normalized spacial score (nSPS) is 24.8. The van der Waals surface area contributed by atoms with Gasteiger partial charge in [-0.3, -0.25) is 14.9 Å². The number of rotatable bonds is 7. The predicted octanol–water partition coefficient (Wildman–Crippen LogP) is 3.91. The van der Waals surface area contributed by atoms with E-state index < -0.39 is 37.7 Å². The highest BCUT2D eigenvalue weighted by molar-refractivity contribution is 7.89. The molecule has 0 aliphatic carbocycles. The van der Waals surface area contributed by atoms with E-state index in [1.54, 1.807) is 61.4 Å². The van der Waals surface area contributed by atoms with Crippen molar-refractivity contribution in [3.05, 3.63) is 100 Å². The number of hydrogen-bond donors (Lipinski definition) is 0. The van der Waals surface area contributed by atoms with Crippen molar-refractivity contribution < 1.29 is 22.9 Å². The number of likely N-dealkylation sites (tertiary alicyclic amines) is 1. The lowest BCUT2D eigenvalue weighted by molar-refractivity contribution is -0.384. The average Bonchev–Trinajstić information content (AvgIpc) is 3.33. The van der Waals surface area contributed by atoms with Gasteiger partial charge < -0.3 is 9.64 Å². The van der Waals surface area contributed by atoms with E-state index in [2.05, 4.69) is 6.07 Å². The van der Waals surface area contributed by atoms with E-state index in [4.69, 9.17) is 4.74 Å². The molecule has 0 spiro atoms. The smallest absolute Gasteiger partial charge is 0.269 e. The molecule has 3 aromatic rings. The van der Waals surface area contributed by atoms with Crippen LogP contribution in [0.1, 0.15) is 24.1 Å². The molecule has 2 heterocycles. The molecule has 200 valence electrons. The van der Waals surface area contributed by atoms with Crippen LogP contribution in [-0.2, 0) is 21.4 Å². The quantitative estimate of drug-likeness (QED) is 0.324. The third kappa shape index (κ3) is 4.04. The number of nitro benzene ring substituents is 1. The van der Waals surface area contributed by atoms with E-state index in [1.165, 1.54) is 16.4 Å². The van der Waals surface area contributed by atoms with Crippen molar-refractivity contribution in [1.29, 1.82) is 5.26 Å². The Balaban J connectivity index is 1.58. The van der Waals surface area contributed by atoms with Gasteiger partial charge in [-0.1, -0.05) is 49.4 Å². The Morgan fingerprint density at radius 1 is 1.05 bits per heavy atom. The molecule has 2 aliphatic rings. The molecule has 0 radical (unpaired) electrons. The van der Waals surface area contributed by atoms with Crippen molar-refractivity contribution in [3.8, 4) is 11.8 Å². The van der Waals surface area contributed by atoms with Crippen LogP contribution >= 0.6 is 0 Å². The van der Waals surface area contributed by atoms with Gasteiger partial charge in [0.1, 0.15) is 5.75 Å². The molecule has 3 aromatic carbocycles. The van der Waals surface area contributed by atoms with Crippen molar-refractivity contribution in [3.63, 3.8) is 0 Å². The molecular weight excluding hydrogens is 520 g/mol. The number of nitriles is 1. The maximum atomic E-state index is 14.2. The molecule has 39 heavy (non-hydrogen) atoms. The minimum absolute atomic E-state index is 0.0791. The van der Waals surface area contributed by atoms with Crippen LogP contribution in [0.25, 0.3) is 0 Å². The van der Waals surface area contributed by atoms with Crippen LogP contribution in [0, 0.1) is 32.3 Å². The fraction of sp³-hybridized carbons (Fsp3) is 0.286. The van der Waals surface area contributed by atoms with Crippen molar-refractivity contribution in [2.45, 2.75) is 24.4 Å². The number of benzene rings is 3. The number of amides is 1. The van der Waals surface area contributed by atoms with E-state index in [0.717, 1.165) is 17.7 Å². The highest BCUT2D eigenvalue weighted by atomic mass is 32.2. The minimum atomic E-state index is -4.24. The maximum Gasteiger partial charge on any atom is 0.269 e. The summed E-state index contributed by atoms with van der Waals surface area (Å²) in [6.07, 6.45) is 0. The van der Waals surface area contributed by atoms with Gasteiger partial charge in [0, 0.05) is 37.2 Å². The van der Waals surface area contributed by atoms with Crippen LogP contribution < -0.4 is 4.74 Å². The van der Waals surface area contributed by atoms with Gasteiger partial charge in [-0.15, -0.1) is 0 Å². The first-order valence-electron chi connectivity index (χ1n) is 12.2. The molecule has 3 atom stereocenters. The number of nitro groups is 1. The third-order valence-corrected chi connectivity index (χ3v) is 9.62. The van der Waals surface area contributed by atoms with Gasteiger partial charge in [0.2, 0.25) is 15.9 Å². The number of non-ortho nitro benzene ring substituents is 1. The second kappa shape index (κ2) is 9.48. The molecule has 1 amide bonds. The summed E-state index contributed by atoms with van der Waals surface area (Å²) in [7, 11) is -2.67. The summed E-state index contributed by atoms with van der Waals surface area (Å²) in [6.45, 7) is 2.15. The van der Waals surface area contributed by atoms with E-state index in [1.807, 2.05) is 12.1 Å². The third-order valence-electron chi connectivity index (χ3n) is 7.80. The van der Waals surface area contributed by atoms with Crippen LogP contribution in [-0.4, -0.2) is 48.7 Å². The topological polar surface area (TPSA) is 134 Å². The first-order valence-corrected chi connectivity index (χ1v) is 13.7. The van der Waals surface area contributed by atoms with Gasteiger partial charge in [0.25, 0.3) is 5.69 Å². The number of nitrogens with zero attached hydrogens (tertiary/aromatic N) is 4. The Hall–Kier alpha value is -4.27. The van der Waals surface area contributed by atoms with E-state index in [0.29, 0.717) is 11.3 Å². The van der Waals surface area contributed by atoms with Gasteiger partial charge in [0.15, 0.2) is 5.41 Å². The van der Waals surface area contributed by atoms with Gasteiger partial charge in [-0.05, 0) is 35.4 Å². The first kappa shape index (κ1) is 26.3. The molecule has 2 fully saturated rings. The summed E-state index contributed by atoms with van der Waals surface area (Å²) in [6, 6.07) is 21.8. The molecule has 5 rings (SSSR count). The van der Waals surface area contributed by atoms with Crippen LogP contribution in [0.2, 0.25) is 0 Å². The summed E-state index contributed by atoms with van der Waals surface area (Å²) in [5.74, 6) is 0.249. The molecular formula is C28H26N4O6S. The lowest BCUT2D eigenvalue weighted by atomic mass is 9.65. The standard InChI is InChI=1S/C28H26N4O6S/c1-27-18-30(16-20-8-12-23(38-2)13-9-20)26(33)28(27,17-29)25(21-6-4-3-5-7-21)31(19-27)39(36,37)24-14-10-22(11-15-24)32(34)35/h3-15,25H,16,18-19H2,1-2H3/t25-,27+,28+/m0/s1. The molecule has 10 nitrogen and oxygen atoms in total. The van der Waals surface area contributed by atoms with Crippen molar-refractivity contribution in [2.24, 2.45) is 10.8 Å².